The Kier molecular flexibility index (Phi) is 5.49. The summed E-state index contributed by atoms with van der Waals surface area (Å²) in [4.78, 5) is 0. The Morgan fingerprint density at radius 3 is 2.50 bits per heavy atom. The van der Waals surface area contributed by atoms with Crippen LogP contribution in [0.1, 0.15) is 30.6 Å². The number of nitrogens with one attached hydrogen (secondary N) is 1. The Balaban J connectivity index is 2.49. The van der Waals surface area contributed by atoms with E-state index in [4.69, 9.17) is 23.2 Å². The Hall–Kier alpha value is -0.550. The lowest BCUT2D eigenvalue weighted by molar-refractivity contribution is 0.533. The van der Waals surface area contributed by atoms with Crippen molar-refractivity contribution in [1.82, 2.24) is 15.1 Å². The van der Waals surface area contributed by atoms with Crippen LogP contribution >= 0.6 is 39.1 Å². The maximum absolute atomic E-state index is 6.11. The summed E-state index contributed by atoms with van der Waals surface area (Å²) >= 11 is 15.8. The molecule has 6 heteroatoms. The lowest BCUT2D eigenvalue weighted by Gasteiger charge is -2.19. The van der Waals surface area contributed by atoms with Gasteiger partial charge in [0.15, 0.2) is 0 Å². The zero-order valence-electron chi connectivity index (χ0n) is 11.3. The van der Waals surface area contributed by atoms with Crippen molar-refractivity contribution in [3.8, 4) is 0 Å². The van der Waals surface area contributed by atoms with Gasteiger partial charge < -0.3 is 5.32 Å². The largest absolute Gasteiger partial charge is 0.308 e. The molecule has 0 saturated carbocycles. The third kappa shape index (κ3) is 3.37. The van der Waals surface area contributed by atoms with Crippen molar-refractivity contribution < 1.29 is 0 Å². The van der Waals surface area contributed by atoms with Gasteiger partial charge >= 0.3 is 0 Å². The first kappa shape index (κ1) is 15.8. The third-order valence-corrected chi connectivity index (χ3v) is 4.10. The fourth-order valence-corrected chi connectivity index (χ4v) is 3.32. The molecule has 2 rings (SSSR count). The fraction of sp³-hybridized carbons (Fsp3) is 0.357. The summed E-state index contributed by atoms with van der Waals surface area (Å²) in [6, 6.07) is 5.56. The van der Waals surface area contributed by atoms with E-state index in [0.29, 0.717) is 10.0 Å². The molecule has 0 aliphatic carbocycles. The molecular formula is C14H16BrCl2N3. The second-order valence-electron chi connectivity index (χ2n) is 4.53. The monoisotopic (exact) mass is 375 g/mol. The molecule has 1 N–H and O–H groups in total. The molecule has 0 aliphatic heterocycles. The minimum absolute atomic E-state index is 0.0189. The molecular weight excluding hydrogens is 361 g/mol. The van der Waals surface area contributed by atoms with E-state index in [1.165, 1.54) is 0 Å². The molecule has 20 heavy (non-hydrogen) atoms. The first-order chi connectivity index (χ1) is 9.56. The molecule has 3 nitrogen and oxygen atoms in total. The van der Waals surface area contributed by atoms with Crippen molar-refractivity contribution in [3.05, 3.63) is 50.2 Å². The summed E-state index contributed by atoms with van der Waals surface area (Å²) in [5.74, 6) is 0. The minimum atomic E-state index is -0.0189. The number of hydrogen-bond acceptors (Lipinski definition) is 2. The van der Waals surface area contributed by atoms with Crippen LogP contribution in [-0.4, -0.2) is 16.8 Å². The van der Waals surface area contributed by atoms with Gasteiger partial charge in [-0.15, -0.1) is 0 Å². The standard InChI is InChI=1S/C14H16BrCl2N3/c1-3-4-20-14(12(15)8-19-20)13(18-2)9-5-10(16)7-11(17)6-9/h5-8,13,18H,3-4H2,1-2H3. The lowest BCUT2D eigenvalue weighted by Crippen LogP contribution is -2.22. The predicted octanol–water partition coefficient (Wildman–Crippen LogP) is 4.67. The second kappa shape index (κ2) is 6.94. The summed E-state index contributed by atoms with van der Waals surface area (Å²) in [6.07, 6.45) is 2.84. The van der Waals surface area contributed by atoms with Gasteiger partial charge in [-0.2, -0.15) is 5.10 Å². The van der Waals surface area contributed by atoms with Crippen LogP contribution in [0, 0.1) is 0 Å². The highest BCUT2D eigenvalue weighted by molar-refractivity contribution is 9.10. The summed E-state index contributed by atoms with van der Waals surface area (Å²) < 4.78 is 2.97. The summed E-state index contributed by atoms with van der Waals surface area (Å²) in [5.41, 5.74) is 2.09. The number of rotatable bonds is 5. The molecule has 2 aromatic rings. The molecule has 108 valence electrons. The molecule has 1 heterocycles. The highest BCUT2D eigenvalue weighted by Crippen LogP contribution is 2.31. The van der Waals surface area contributed by atoms with E-state index in [0.717, 1.165) is 28.7 Å². The average Bonchev–Trinajstić information content (AvgIpc) is 2.72. The van der Waals surface area contributed by atoms with Crippen LogP contribution in [0.25, 0.3) is 0 Å². The summed E-state index contributed by atoms with van der Waals surface area (Å²) in [7, 11) is 1.91. The smallest absolute Gasteiger partial charge is 0.0758 e. The van der Waals surface area contributed by atoms with Gasteiger partial charge in [0.25, 0.3) is 0 Å². The van der Waals surface area contributed by atoms with E-state index >= 15 is 0 Å². The van der Waals surface area contributed by atoms with E-state index in [1.807, 2.05) is 30.1 Å². The zero-order valence-corrected chi connectivity index (χ0v) is 14.4. The molecule has 0 bridgehead atoms. The normalized spacial score (nSPS) is 12.7. The van der Waals surface area contributed by atoms with Gasteiger partial charge in [-0.25, -0.2) is 0 Å². The predicted molar refractivity (Wildman–Crippen MR) is 87.6 cm³/mol. The first-order valence-electron chi connectivity index (χ1n) is 6.41. The fourth-order valence-electron chi connectivity index (χ4n) is 2.25. The topological polar surface area (TPSA) is 29.9 Å². The van der Waals surface area contributed by atoms with Crippen LogP contribution in [0.3, 0.4) is 0 Å². The molecule has 0 radical (unpaired) electrons. The minimum Gasteiger partial charge on any atom is -0.308 e. The van der Waals surface area contributed by atoms with Crippen molar-refractivity contribution in [3.63, 3.8) is 0 Å². The van der Waals surface area contributed by atoms with E-state index < -0.39 is 0 Å². The quantitative estimate of drug-likeness (QED) is 0.821. The molecule has 1 atom stereocenters. The SMILES string of the molecule is CCCn1ncc(Br)c1C(NC)c1cc(Cl)cc(Cl)c1. The Bertz CT molecular complexity index is 578. The van der Waals surface area contributed by atoms with Gasteiger partial charge in [0, 0.05) is 16.6 Å². The molecule has 0 amide bonds. The van der Waals surface area contributed by atoms with E-state index in [9.17, 15) is 0 Å². The number of hydrogen-bond donors (Lipinski definition) is 1. The molecule has 0 fully saturated rings. The van der Waals surface area contributed by atoms with Crippen molar-refractivity contribution in [2.45, 2.75) is 25.9 Å². The maximum atomic E-state index is 6.11. The molecule has 1 unspecified atom stereocenters. The summed E-state index contributed by atoms with van der Waals surface area (Å²) in [6.45, 7) is 3.00. The Labute approximate surface area is 137 Å². The van der Waals surface area contributed by atoms with Gasteiger partial charge in [0.1, 0.15) is 0 Å². The van der Waals surface area contributed by atoms with Gasteiger partial charge in [-0.05, 0) is 53.2 Å². The number of nitrogens with zero attached hydrogens (tertiary/aromatic N) is 2. The van der Waals surface area contributed by atoms with Gasteiger partial charge in [-0.3, -0.25) is 4.68 Å². The number of benzene rings is 1. The Morgan fingerprint density at radius 2 is 1.95 bits per heavy atom. The van der Waals surface area contributed by atoms with Crippen molar-refractivity contribution in [1.29, 1.82) is 0 Å². The highest BCUT2D eigenvalue weighted by Gasteiger charge is 2.21. The summed E-state index contributed by atoms with van der Waals surface area (Å²) in [5, 5.41) is 8.98. The van der Waals surface area contributed by atoms with Gasteiger partial charge in [0.2, 0.25) is 0 Å². The molecule has 0 spiro atoms. The maximum Gasteiger partial charge on any atom is 0.0758 e. The van der Waals surface area contributed by atoms with Crippen LogP contribution in [-0.2, 0) is 6.54 Å². The average molecular weight is 377 g/mol. The van der Waals surface area contributed by atoms with E-state index in [-0.39, 0.29) is 6.04 Å². The van der Waals surface area contributed by atoms with Crippen molar-refractivity contribution in [2.24, 2.45) is 0 Å². The van der Waals surface area contributed by atoms with Crippen LogP contribution in [0.5, 0.6) is 0 Å². The first-order valence-corrected chi connectivity index (χ1v) is 7.96. The molecule has 1 aromatic heterocycles. The zero-order chi connectivity index (χ0) is 14.7. The molecule has 0 aliphatic rings. The number of aromatic nitrogens is 2. The third-order valence-electron chi connectivity index (χ3n) is 3.05. The van der Waals surface area contributed by atoms with E-state index in [1.54, 1.807) is 6.07 Å². The number of halogens is 3. The lowest BCUT2D eigenvalue weighted by atomic mass is 10.0. The van der Waals surface area contributed by atoms with Crippen LogP contribution in [0.15, 0.2) is 28.9 Å². The van der Waals surface area contributed by atoms with E-state index in [2.05, 4.69) is 33.3 Å². The van der Waals surface area contributed by atoms with Gasteiger partial charge in [0.05, 0.1) is 22.4 Å². The number of aryl methyl sites for hydroxylation is 1. The molecule has 0 saturated heterocycles. The van der Waals surface area contributed by atoms with Crippen LogP contribution < -0.4 is 5.32 Å². The van der Waals surface area contributed by atoms with Gasteiger partial charge in [-0.1, -0.05) is 30.1 Å². The van der Waals surface area contributed by atoms with Crippen molar-refractivity contribution in [2.75, 3.05) is 7.05 Å². The molecule has 1 aromatic carbocycles. The van der Waals surface area contributed by atoms with Crippen molar-refractivity contribution >= 4 is 39.1 Å². The van der Waals surface area contributed by atoms with Crippen LogP contribution in [0.2, 0.25) is 10.0 Å². The van der Waals surface area contributed by atoms with Crippen LogP contribution in [0.4, 0.5) is 0 Å². The highest BCUT2D eigenvalue weighted by atomic mass is 79.9. The second-order valence-corrected chi connectivity index (χ2v) is 6.25. The Morgan fingerprint density at radius 1 is 1.30 bits per heavy atom.